The average Bonchev–Trinajstić information content (AvgIpc) is 2.61. The molecule has 1 N–H and O–H groups in total. The maximum Gasteiger partial charge on any atom is 0.305 e. The molecule has 0 unspecified atom stereocenters. The van der Waals surface area contributed by atoms with Gasteiger partial charge in [-0.1, -0.05) is 36.4 Å². The van der Waals surface area contributed by atoms with E-state index >= 15 is 0 Å². The third-order valence-electron chi connectivity index (χ3n) is 5.60. The molecule has 136 valence electrons. The molecule has 2 aliphatic rings. The van der Waals surface area contributed by atoms with Crippen molar-refractivity contribution in [2.24, 2.45) is 5.92 Å². The van der Waals surface area contributed by atoms with Crippen LogP contribution >= 0.6 is 0 Å². The van der Waals surface area contributed by atoms with Crippen LogP contribution in [0.2, 0.25) is 0 Å². The van der Waals surface area contributed by atoms with Crippen molar-refractivity contribution in [3.8, 4) is 16.9 Å². The Morgan fingerprint density at radius 2 is 1.88 bits per heavy atom. The molecule has 2 aromatic rings. The lowest BCUT2D eigenvalue weighted by molar-refractivity contribution is -0.162. The molecule has 2 heterocycles. The number of benzene rings is 2. The summed E-state index contributed by atoms with van der Waals surface area (Å²) in [6, 6.07) is 16.4. The highest BCUT2D eigenvalue weighted by Gasteiger charge is 2.47. The fourth-order valence-corrected chi connectivity index (χ4v) is 4.27. The summed E-state index contributed by atoms with van der Waals surface area (Å²) >= 11 is 0. The fourth-order valence-electron chi connectivity index (χ4n) is 4.27. The van der Waals surface area contributed by atoms with Gasteiger partial charge < -0.3 is 14.6 Å². The van der Waals surface area contributed by atoms with E-state index in [2.05, 4.69) is 38.1 Å². The smallest absolute Gasteiger partial charge is 0.305 e. The largest absolute Gasteiger partial charge is 0.487 e. The Hall–Kier alpha value is -2.33. The summed E-state index contributed by atoms with van der Waals surface area (Å²) < 4.78 is 12.6. The summed E-state index contributed by atoms with van der Waals surface area (Å²) in [7, 11) is 0. The number of fused-ring (bicyclic) bond motifs is 3. The second-order valence-corrected chi connectivity index (χ2v) is 7.78. The number of carboxylic acid groups (broad SMARTS) is 1. The van der Waals surface area contributed by atoms with E-state index in [1.54, 1.807) is 0 Å². The van der Waals surface area contributed by atoms with Crippen LogP contribution in [0.15, 0.2) is 48.5 Å². The highest BCUT2D eigenvalue weighted by molar-refractivity contribution is 5.67. The molecule has 26 heavy (non-hydrogen) atoms. The number of aliphatic carboxylic acids is 1. The molecule has 2 aliphatic heterocycles. The van der Waals surface area contributed by atoms with Gasteiger partial charge in [0.05, 0.1) is 18.6 Å². The van der Waals surface area contributed by atoms with E-state index in [4.69, 9.17) is 14.6 Å². The van der Waals surface area contributed by atoms with Gasteiger partial charge in [0.15, 0.2) is 0 Å². The fraction of sp³-hybridized carbons (Fsp3) is 0.409. The summed E-state index contributed by atoms with van der Waals surface area (Å²) in [5.74, 6) is 0.246. The molecular weight excluding hydrogens is 328 g/mol. The minimum atomic E-state index is -0.807. The third-order valence-corrected chi connectivity index (χ3v) is 5.60. The van der Waals surface area contributed by atoms with Gasteiger partial charge in [-0.05, 0) is 49.9 Å². The Morgan fingerprint density at radius 3 is 2.62 bits per heavy atom. The van der Waals surface area contributed by atoms with Crippen LogP contribution in [-0.2, 0) is 9.53 Å². The van der Waals surface area contributed by atoms with E-state index in [0.29, 0.717) is 0 Å². The Balaban J connectivity index is 1.73. The van der Waals surface area contributed by atoms with Crippen molar-refractivity contribution in [3.63, 3.8) is 0 Å². The van der Waals surface area contributed by atoms with Crippen molar-refractivity contribution in [2.75, 3.05) is 0 Å². The van der Waals surface area contributed by atoms with E-state index in [1.165, 1.54) is 0 Å². The molecule has 0 radical (unpaired) electrons. The second-order valence-electron chi connectivity index (χ2n) is 7.78. The van der Waals surface area contributed by atoms with Gasteiger partial charge in [-0.3, -0.25) is 4.79 Å². The van der Waals surface area contributed by atoms with Gasteiger partial charge in [-0.15, -0.1) is 0 Å². The van der Waals surface area contributed by atoms with Gasteiger partial charge in [0.1, 0.15) is 11.4 Å². The highest BCUT2D eigenvalue weighted by Crippen LogP contribution is 2.51. The van der Waals surface area contributed by atoms with Crippen LogP contribution in [-0.4, -0.2) is 22.8 Å². The molecule has 0 saturated carbocycles. The van der Waals surface area contributed by atoms with Gasteiger partial charge in [0.2, 0.25) is 0 Å². The molecule has 0 aromatic heterocycles. The standard InChI is InChI=1S/C22H24O4/c1-22(2)18-10-9-16(13-20(23)24)25-21(18)17-12-15(8-11-19(17)26-22)14-6-4-3-5-7-14/h3-8,11-12,16,18,21H,9-10,13H2,1-2H3,(H,23,24)/t16-,18+,21-/m0/s1. The first-order valence-corrected chi connectivity index (χ1v) is 9.20. The summed E-state index contributed by atoms with van der Waals surface area (Å²) in [5, 5.41) is 9.15. The van der Waals surface area contributed by atoms with Crippen LogP contribution in [0.1, 0.15) is 44.8 Å². The maximum atomic E-state index is 11.1. The maximum absolute atomic E-state index is 11.1. The van der Waals surface area contributed by atoms with Crippen molar-refractivity contribution in [1.82, 2.24) is 0 Å². The van der Waals surface area contributed by atoms with Gasteiger partial charge in [-0.25, -0.2) is 0 Å². The van der Waals surface area contributed by atoms with Crippen molar-refractivity contribution in [3.05, 3.63) is 54.1 Å². The van der Waals surface area contributed by atoms with Crippen molar-refractivity contribution in [1.29, 1.82) is 0 Å². The van der Waals surface area contributed by atoms with Gasteiger partial charge in [0.25, 0.3) is 0 Å². The van der Waals surface area contributed by atoms with Crippen LogP contribution in [0.3, 0.4) is 0 Å². The number of carbonyl (C=O) groups is 1. The second kappa shape index (κ2) is 6.44. The zero-order valence-corrected chi connectivity index (χ0v) is 15.1. The molecule has 0 amide bonds. The molecule has 4 heteroatoms. The summed E-state index contributed by atoms with van der Waals surface area (Å²) in [4.78, 5) is 11.1. The lowest BCUT2D eigenvalue weighted by Gasteiger charge is -2.48. The highest BCUT2D eigenvalue weighted by atomic mass is 16.5. The quantitative estimate of drug-likeness (QED) is 0.859. The first-order valence-electron chi connectivity index (χ1n) is 9.20. The van der Waals surface area contributed by atoms with Crippen LogP contribution in [0.25, 0.3) is 11.1 Å². The molecule has 4 rings (SSSR count). The van der Waals surface area contributed by atoms with E-state index in [1.807, 2.05) is 24.3 Å². The predicted octanol–water partition coefficient (Wildman–Crippen LogP) is 4.84. The van der Waals surface area contributed by atoms with Crippen LogP contribution in [0, 0.1) is 5.92 Å². The molecule has 0 aliphatic carbocycles. The first-order chi connectivity index (χ1) is 12.4. The van der Waals surface area contributed by atoms with Crippen LogP contribution in [0.5, 0.6) is 5.75 Å². The number of carboxylic acids is 1. The Bertz CT molecular complexity index is 812. The third kappa shape index (κ3) is 3.10. The number of ether oxygens (including phenoxy) is 2. The molecule has 0 bridgehead atoms. The SMILES string of the molecule is CC1(C)Oc2ccc(-c3ccccc3)cc2[C@@H]2O[C@H](CC(=O)O)CC[C@H]21. The molecule has 2 aromatic carbocycles. The van der Waals surface area contributed by atoms with Crippen LogP contribution in [0.4, 0.5) is 0 Å². The predicted molar refractivity (Wildman–Crippen MR) is 99.2 cm³/mol. The van der Waals surface area contributed by atoms with Gasteiger partial charge in [-0.2, -0.15) is 0 Å². The van der Waals surface area contributed by atoms with Crippen molar-refractivity contribution in [2.45, 2.75) is 50.9 Å². The van der Waals surface area contributed by atoms with E-state index in [-0.39, 0.29) is 30.1 Å². The number of hydrogen-bond acceptors (Lipinski definition) is 3. The van der Waals surface area contributed by atoms with E-state index in [0.717, 1.165) is 35.3 Å². The number of rotatable bonds is 3. The zero-order chi connectivity index (χ0) is 18.3. The summed E-state index contributed by atoms with van der Waals surface area (Å²) in [6.07, 6.45) is 1.35. The molecule has 1 saturated heterocycles. The molecular formula is C22H24O4. The normalized spacial score (nSPS) is 26.3. The van der Waals surface area contributed by atoms with Gasteiger partial charge >= 0.3 is 5.97 Å². The zero-order valence-electron chi connectivity index (χ0n) is 15.1. The van der Waals surface area contributed by atoms with Gasteiger partial charge in [0, 0.05) is 11.5 Å². The van der Waals surface area contributed by atoms with Crippen LogP contribution < -0.4 is 4.74 Å². The average molecular weight is 352 g/mol. The summed E-state index contributed by atoms with van der Waals surface area (Å²) in [6.45, 7) is 4.19. The van der Waals surface area contributed by atoms with Crippen molar-refractivity contribution >= 4 is 5.97 Å². The Labute approximate surface area is 153 Å². The van der Waals surface area contributed by atoms with E-state index in [9.17, 15) is 4.79 Å². The molecule has 4 nitrogen and oxygen atoms in total. The topological polar surface area (TPSA) is 55.8 Å². The number of hydrogen-bond donors (Lipinski definition) is 1. The monoisotopic (exact) mass is 352 g/mol. The van der Waals surface area contributed by atoms with E-state index < -0.39 is 5.97 Å². The minimum Gasteiger partial charge on any atom is -0.487 e. The lowest BCUT2D eigenvalue weighted by atomic mass is 9.74. The first kappa shape index (κ1) is 17.1. The summed E-state index contributed by atoms with van der Waals surface area (Å²) in [5.41, 5.74) is 2.97. The molecule has 1 fully saturated rings. The minimum absolute atomic E-state index is 0.0538. The van der Waals surface area contributed by atoms with Crippen molar-refractivity contribution < 1.29 is 19.4 Å². The molecule has 0 spiro atoms. The molecule has 3 atom stereocenters. The lowest BCUT2D eigenvalue weighted by Crippen LogP contribution is -2.48. The Kier molecular flexibility index (Phi) is 4.23. The Morgan fingerprint density at radius 1 is 1.12 bits per heavy atom.